The van der Waals surface area contributed by atoms with Crippen LogP contribution >= 0.6 is 0 Å². The summed E-state index contributed by atoms with van der Waals surface area (Å²) in [6.45, 7) is 10.8. The number of amides is 1. The molecule has 0 spiro atoms. The summed E-state index contributed by atoms with van der Waals surface area (Å²) in [7, 11) is 0. The van der Waals surface area contributed by atoms with Gasteiger partial charge in [-0.25, -0.2) is 9.97 Å². The highest BCUT2D eigenvalue weighted by molar-refractivity contribution is 5.92. The van der Waals surface area contributed by atoms with E-state index in [0.717, 1.165) is 51.3 Å². The highest BCUT2D eigenvalue weighted by Gasteiger charge is 2.21. The van der Waals surface area contributed by atoms with Crippen LogP contribution in [0.4, 0.5) is 11.5 Å². The van der Waals surface area contributed by atoms with E-state index in [-0.39, 0.29) is 5.91 Å². The maximum absolute atomic E-state index is 12.3. The molecule has 0 radical (unpaired) electrons. The zero-order chi connectivity index (χ0) is 19.9. The molecule has 3 rings (SSSR count). The van der Waals surface area contributed by atoms with Crippen molar-refractivity contribution in [2.24, 2.45) is 0 Å². The van der Waals surface area contributed by atoms with E-state index in [0.29, 0.717) is 12.2 Å². The lowest BCUT2D eigenvalue weighted by atomic mass is 10.1. The number of hydrogen-bond donors (Lipinski definition) is 1. The summed E-state index contributed by atoms with van der Waals surface area (Å²) in [6.07, 6.45) is 4.76. The van der Waals surface area contributed by atoms with E-state index < -0.39 is 0 Å². The molecular weight excluding hydrogens is 350 g/mol. The van der Waals surface area contributed by atoms with Crippen LogP contribution in [-0.4, -0.2) is 48.6 Å². The van der Waals surface area contributed by atoms with Crippen molar-refractivity contribution in [3.05, 3.63) is 47.4 Å². The van der Waals surface area contributed by atoms with Crippen LogP contribution in [-0.2, 0) is 0 Å². The van der Waals surface area contributed by atoms with Crippen molar-refractivity contribution in [1.82, 2.24) is 15.3 Å². The molecule has 28 heavy (non-hydrogen) atoms. The molecule has 1 aromatic carbocycles. The molecule has 1 aromatic heterocycles. The predicted molar refractivity (Wildman–Crippen MR) is 114 cm³/mol. The molecule has 6 nitrogen and oxygen atoms in total. The van der Waals surface area contributed by atoms with Gasteiger partial charge in [0, 0.05) is 44.5 Å². The maximum atomic E-state index is 12.3. The third kappa shape index (κ3) is 4.80. The van der Waals surface area contributed by atoms with Gasteiger partial charge in [0.25, 0.3) is 5.91 Å². The SMILES string of the molecule is CCCCCNC(=O)c1cc(N2CCN(c3cccc(C)c3C)CC2)ncn1. The first kappa shape index (κ1) is 20.1. The van der Waals surface area contributed by atoms with Gasteiger partial charge in [-0.3, -0.25) is 4.79 Å². The Morgan fingerprint density at radius 2 is 1.82 bits per heavy atom. The van der Waals surface area contributed by atoms with Gasteiger partial charge >= 0.3 is 0 Å². The van der Waals surface area contributed by atoms with Gasteiger partial charge in [-0.05, 0) is 37.5 Å². The fourth-order valence-electron chi connectivity index (χ4n) is 3.57. The number of anilines is 2. The molecule has 6 heteroatoms. The van der Waals surface area contributed by atoms with Crippen molar-refractivity contribution in [3.8, 4) is 0 Å². The van der Waals surface area contributed by atoms with Gasteiger partial charge in [-0.15, -0.1) is 0 Å². The molecule has 1 fully saturated rings. The number of aryl methyl sites for hydroxylation is 1. The molecule has 0 bridgehead atoms. The number of nitrogens with one attached hydrogen (secondary N) is 1. The predicted octanol–water partition coefficient (Wildman–Crippen LogP) is 3.34. The standard InChI is InChI=1S/C22H31N5O/c1-4-5-6-10-23-22(28)19-15-21(25-16-24-19)27-13-11-26(12-14-27)20-9-7-8-17(2)18(20)3/h7-9,15-16H,4-6,10-14H2,1-3H3,(H,23,28). The van der Waals surface area contributed by atoms with E-state index in [2.05, 4.69) is 64.1 Å². The second-order valence-corrected chi connectivity index (χ2v) is 7.42. The first-order valence-corrected chi connectivity index (χ1v) is 10.3. The first-order chi connectivity index (χ1) is 13.6. The number of rotatable bonds is 7. The summed E-state index contributed by atoms with van der Waals surface area (Å²) in [6, 6.07) is 8.29. The summed E-state index contributed by atoms with van der Waals surface area (Å²) in [5, 5.41) is 2.95. The molecule has 0 unspecified atom stereocenters. The number of carbonyl (C=O) groups is 1. The molecule has 0 aliphatic carbocycles. The fraction of sp³-hybridized carbons (Fsp3) is 0.500. The molecule has 0 atom stereocenters. The molecule has 150 valence electrons. The molecular formula is C22H31N5O. The first-order valence-electron chi connectivity index (χ1n) is 10.3. The average Bonchev–Trinajstić information content (AvgIpc) is 2.73. The third-order valence-corrected chi connectivity index (χ3v) is 5.47. The summed E-state index contributed by atoms with van der Waals surface area (Å²) in [5.74, 6) is 0.711. The van der Waals surface area contributed by atoms with E-state index in [1.165, 1.54) is 23.1 Å². The Morgan fingerprint density at radius 3 is 2.57 bits per heavy atom. The zero-order valence-corrected chi connectivity index (χ0v) is 17.2. The number of nitrogens with zero attached hydrogens (tertiary/aromatic N) is 4. The normalized spacial score (nSPS) is 14.2. The van der Waals surface area contributed by atoms with E-state index in [1.807, 2.05) is 6.07 Å². The Morgan fingerprint density at radius 1 is 1.07 bits per heavy atom. The number of aromatic nitrogens is 2. The number of hydrogen-bond acceptors (Lipinski definition) is 5. The minimum atomic E-state index is -0.117. The van der Waals surface area contributed by atoms with Crippen LogP contribution in [0.15, 0.2) is 30.6 Å². The minimum Gasteiger partial charge on any atom is -0.368 e. The zero-order valence-electron chi connectivity index (χ0n) is 17.2. The Balaban J connectivity index is 1.60. The average molecular weight is 382 g/mol. The number of carbonyl (C=O) groups excluding carboxylic acids is 1. The van der Waals surface area contributed by atoms with Crippen LogP contribution in [0, 0.1) is 13.8 Å². The lowest BCUT2D eigenvalue weighted by molar-refractivity contribution is 0.0948. The van der Waals surface area contributed by atoms with Gasteiger partial charge in [0.15, 0.2) is 0 Å². The molecule has 2 heterocycles. The van der Waals surface area contributed by atoms with Crippen molar-refractivity contribution in [3.63, 3.8) is 0 Å². The molecule has 1 N–H and O–H groups in total. The molecule has 0 saturated carbocycles. The summed E-state index contributed by atoms with van der Waals surface area (Å²) in [5.41, 5.74) is 4.43. The number of unbranched alkanes of at least 4 members (excludes halogenated alkanes) is 2. The monoisotopic (exact) mass is 381 g/mol. The lowest BCUT2D eigenvalue weighted by Gasteiger charge is -2.37. The number of benzene rings is 1. The van der Waals surface area contributed by atoms with Crippen LogP contribution < -0.4 is 15.1 Å². The van der Waals surface area contributed by atoms with Gasteiger partial charge in [-0.1, -0.05) is 31.9 Å². The largest absolute Gasteiger partial charge is 0.368 e. The Bertz CT molecular complexity index is 799. The summed E-state index contributed by atoms with van der Waals surface area (Å²) >= 11 is 0. The molecule has 1 saturated heterocycles. The summed E-state index contributed by atoms with van der Waals surface area (Å²) < 4.78 is 0. The highest BCUT2D eigenvalue weighted by atomic mass is 16.1. The number of piperazine rings is 1. The second-order valence-electron chi connectivity index (χ2n) is 7.42. The molecule has 1 aliphatic rings. The van der Waals surface area contributed by atoms with Crippen LogP contribution in [0.1, 0.15) is 47.8 Å². The molecule has 1 aliphatic heterocycles. The van der Waals surface area contributed by atoms with Crippen molar-refractivity contribution >= 4 is 17.4 Å². The second kappa shape index (κ2) is 9.53. The van der Waals surface area contributed by atoms with Gasteiger partial charge in [0.2, 0.25) is 0 Å². The Hall–Kier alpha value is -2.63. The van der Waals surface area contributed by atoms with Crippen molar-refractivity contribution < 1.29 is 4.79 Å². The molecule has 2 aromatic rings. The topological polar surface area (TPSA) is 61.4 Å². The Kier molecular flexibility index (Phi) is 6.85. The fourth-order valence-corrected chi connectivity index (χ4v) is 3.57. The van der Waals surface area contributed by atoms with Gasteiger partial charge < -0.3 is 15.1 Å². The van der Waals surface area contributed by atoms with Crippen LogP contribution in [0.5, 0.6) is 0 Å². The molecule has 1 amide bonds. The Labute approximate surface area is 168 Å². The van der Waals surface area contributed by atoms with Gasteiger partial charge in [0.1, 0.15) is 17.8 Å². The maximum Gasteiger partial charge on any atom is 0.270 e. The van der Waals surface area contributed by atoms with E-state index >= 15 is 0 Å². The van der Waals surface area contributed by atoms with Gasteiger partial charge in [0.05, 0.1) is 0 Å². The van der Waals surface area contributed by atoms with E-state index in [1.54, 1.807) is 0 Å². The van der Waals surface area contributed by atoms with Crippen LogP contribution in [0.2, 0.25) is 0 Å². The third-order valence-electron chi connectivity index (χ3n) is 5.47. The van der Waals surface area contributed by atoms with Crippen molar-refractivity contribution in [1.29, 1.82) is 0 Å². The van der Waals surface area contributed by atoms with E-state index in [4.69, 9.17) is 0 Å². The van der Waals surface area contributed by atoms with Crippen molar-refractivity contribution in [2.75, 3.05) is 42.5 Å². The highest BCUT2D eigenvalue weighted by Crippen LogP contribution is 2.25. The van der Waals surface area contributed by atoms with Gasteiger partial charge in [-0.2, -0.15) is 0 Å². The van der Waals surface area contributed by atoms with Crippen molar-refractivity contribution in [2.45, 2.75) is 40.0 Å². The quantitative estimate of drug-likeness (QED) is 0.746. The minimum absolute atomic E-state index is 0.117. The lowest BCUT2D eigenvalue weighted by Crippen LogP contribution is -2.47. The smallest absolute Gasteiger partial charge is 0.270 e. The summed E-state index contributed by atoms with van der Waals surface area (Å²) in [4.78, 5) is 25.5. The van der Waals surface area contributed by atoms with Crippen LogP contribution in [0.3, 0.4) is 0 Å². The van der Waals surface area contributed by atoms with Crippen LogP contribution in [0.25, 0.3) is 0 Å². The van der Waals surface area contributed by atoms with E-state index in [9.17, 15) is 4.79 Å².